The van der Waals surface area contributed by atoms with Crippen LogP contribution in [0.2, 0.25) is 0 Å². The summed E-state index contributed by atoms with van der Waals surface area (Å²) in [6, 6.07) is 13.7. The van der Waals surface area contributed by atoms with E-state index in [1.54, 1.807) is 11.3 Å². The van der Waals surface area contributed by atoms with Gasteiger partial charge in [0.1, 0.15) is 11.8 Å². The molecule has 2 aromatic rings. The Morgan fingerprint density at radius 1 is 1.37 bits per heavy atom. The Balaban J connectivity index is 2.04. The molecule has 0 aliphatic rings. The molecule has 4 heteroatoms. The van der Waals surface area contributed by atoms with Crippen LogP contribution < -0.4 is 10.1 Å². The van der Waals surface area contributed by atoms with Crippen LogP contribution in [0.4, 0.5) is 0 Å². The van der Waals surface area contributed by atoms with Crippen molar-refractivity contribution in [3.8, 4) is 11.8 Å². The van der Waals surface area contributed by atoms with E-state index >= 15 is 0 Å². The smallest absolute Gasteiger partial charge is 0.121 e. The molecule has 3 nitrogen and oxygen atoms in total. The van der Waals surface area contributed by atoms with Gasteiger partial charge in [-0.05, 0) is 36.1 Å². The molecule has 2 rings (SSSR count). The van der Waals surface area contributed by atoms with Crippen LogP contribution in [-0.4, -0.2) is 6.61 Å². The highest BCUT2D eigenvalue weighted by Crippen LogP contribution is 2.20. The van der Waals surface area contributed by atoms with Crippen molar-refractivity contribution >= 4 is 11.3 Å². The van der Waals surface area contributed by atoms with Gasteiger partial charge in [-0.1, -0.05) is 18.2 Å². The Kier molecular flexibility index (Phi) is 4.96. The van der Waals surface area contributed by atoms with Gasteiger partial charge in [-0.3, -0.25) is 5.32 Å². The first-order valence-corrected chi connectivity index (χ1v) is 7.09. The van der Waals surface area contributed by atoms with E-state index in [2.05, 4.69) is 17.5 Å². The molecule has 1 atom stereocenters. The fourth-order valence-electron chi connectivity index (χ4n) is 1.80. The molecule has 1 unspecified atom stereocenters. The summed E-state index contributed by atoms with van der Waals surface area (Å²) >= 11 is 1.69. The van der Waals surface area contributed by atoms with Gasteiger partial charge in [0.15, 0.2) is 0 Å². The summed E-state index contributed by atoms with van der Waals surface area (Å²) in [6.07, 6.45) is 0. The second kappa shape index (κ2) is 6.93. The summed E-state index contributed by atoms with van der Waals surface area (Å²) in [7, 11) is 0. The molecule has 1 N–H and O–H groups in total. The molecule has 0 bridgehead atoms. The average molecular weight is 272 g/mol. The van der Waals surface area contributed by atoms with Gasteiger partial charge in [-0.25, -0.2) is 0 Å². The summed E-state index contributed by atoms with van der Waals surface area (Å²) in [6.45, 7) is 3.28. The van der Waals surface area contributed by atoms with Crippen molar-refractivity contribution in [2.24, 2.45) is 0 Å². The van der Waals surface area contributed by atoms with E-state index in [4.69, 9.17) is 4.74 Å². The lowest BCUT2D eigenvalue weighted by molar-refractivity contribution is 0.339. The van der Waals surface area contributed by atoms with E-state index in [9.17, 15) is 5.26 Å². The first kappa shape index (κ1) is 13.6. The Morgan fingerprint density at radius 2 is 2.26 bits per heavy atom. The van der Waals surface area contributed by atoms with Crippen LogP contribution >= 0.6 is 11.3 Å². The van der Waals surface area contributed by atoms with Crippen molar-refractivity contribution in [1.82, 2.24) is 5.32 Å². The molecule has 0 saturated carbocycles. The van der Waals surface area contributed by atoms with Crippen molar-refractivity contribution in [2.75, 3.05) is 6.61 Å². The normalized spacial score (nSPS) is 11.8. The fourth-order valence-corrected chi connectivity index (χ4v) is 2.46. The molecule has 0 aliphatic heterocycles. The van der Waals surface area contributed by atoms with E-state index in [0.29, 0.717) is 13.2 Å². The van der Waals surface area contributed by atoms with E-state index in [1.165, 1.54) is 4.88 Å². The third-order valence-corrected chi connectivity index (χ3v) is 3.57. The number of nitrogens with zero attached hydrogens (tertiary/aromatic N) is 1. The second-order valence-electron chi connectivity index (χ2n) is 4.03. The maximum Gasteiger partial charge on any atom is 0.121 e. The van der Waals surface area contributed by atoms with Gasteiger partial charge in [0.05, 0.1) is 12.7 Å². The zero-order valence-corrected chi connectivity index (χ0v) is 11.6. The van der Waals surface area contributed by atoms with E-state index in [0.717, 1.165) is 11.3 Å². The molecule has 98 valence electrons. The summed E-state index contributed by atoms with van der Waals surface area (Å²) in [5, 5.41) is 14.6. The van der Waals surface area contributed by atoms with Crippen LogP contribution in [0, 0.1) is 11.3 Å². The largest absolute Gasteiger partial charge is 0.494 e. The third-order valence-electron chi connectivity index (χ3n) is 2.69. The molecule has 1 aromatic carbocycles. The van der Waals surface area contributed by atoms with E-state index < -0.39 is 0 Å². The minimum absolute atomic E-state index is 0.317. The standard InChI is InChI=1S/C15H16N2OS/c1-2-18-13-6-3-5-12(9-13)15(10-16)17-11-14-7-4-8-19-14/h3-9,15,17H,2,11H2,1H3. The number of rotatable bonds is 6. The van der Waals surface area contributed by atoms with Crippen LogP contribution in [0.5, 0.6) is 5.75 Å². The first-order chi connectivity index (χ1) is 9.33. The van der Waals surface area contributed by atoms with Gasteiger partial charge in [0, 0.05) is 11.4 Å². The lowest BCUT2D eigenvalue weighted by atomic mass is 10.1. The maximum atomic E-state index is 9.28. The summed E-state index contributed by atoms with van der Waals surface area (Å²) in [5.41, 5.74) is 0.935. The lowest BCUT2D eigenvalue weighted by Gasteiger charge is -2.12. The lowest BCUT2D eigenvalue weighted by Crippen LogP contribution is -2.18. The second-order valence-corrected chi connectivity index (χ2v) is 5.06. The molecular weight excluding hydrogens is 256 g/mol. The molecule has 1 aromatic heterocycles. The zero-order chi connectivity index (χ0) is 13.5. The van der Waals surface area contributed by atoms with Gasteiger partial charge in [0.2, 0.25) is 0 Å². The number of nitrogens with one attached hydrogen (secondary N) is 1. The van der Waals surface area contributed by atoms with E-state index in [1.807, 2.05) is 42.6 Å². The molecular formula is C15H16N2OS. The Hall–Kier alpha value is -1.83. The number of hydrogen-bond acceptors (Lipinski definition) is 4. The topological polar surface area (TPSA) is 45.0 Å². The van der Waals surface area contributed by atoms with Crippen molar-refractivity contribution < 1.29 is 4.74 Å². The number of hydrogen-bond donors (Lipinski definition) is 1. The quantitative estimate of drug-likeness (QED) is 0.875. The van der Waals surface area contributed by atoms with Crippen molar-refractivity contribution in [1.29, 1.82) is 5.26 Å². The molecule has 0 fully saturated rings. The summed E-state index contributed by atoms with van der Waals surface area (Å²) in [4.78, 5) is 1.22. The Morgan fingerprint density at radius 3 is 2.95 bits per heavy atom. The average Bonchev–Trinajstić information content (AvgIpc) is 2.94. The summed E-state index contributed by atoms with van der Waals surface area (Å²) < 4.78 is 5.46. The van der Waals surface area contributed by atoms with Gasteiger partial charge in [0.25, 0.3) is 0 Å². The molecule has 0 spiro atoms. The maximum absolute atomic E-state index is 9.28. The number of thiophene rings is 1. The van der Waals surface area contributed by atoms with Crippen LogP contribution in [0.1, 0.15) is 23.4 Å². The fraction of sp³-hybridized carbons (Fsp3) is 0.267. The molecule has 19 heavy (non-hydrogen) atoms. The van der Waals surface area contributed by atoms with Crippen LogP contribution in [0.15, 0.2) is 41.8 Å². The molecule has 0 radical (unpaired) electrons. The van der Waals surface area contributed by atoms with Gasteiger partial charge in [-0.15, -0.1) is 11.3 Å². The highest BCUT2D eigenvalue weighted by molar-refractivity contribution is 7.09. The Labute approximate surface area is 117 Å². The molecule has 0 aliphatic carbocycles. The van der Waals surface area contributed by atoms with Gasteiger partial charge < -0.3 is 4.74 Å². The third kappa shape index (κ3) is 3.82. The van der Waals surface area contributed by atoms with Crippen LogP contribution in [-0.2, 0) is 6.54 Å². The van der Waals surface area contributed by atoms with Gasteiger partial charge >= 0.3 is 0 Å². The monoisotopic (exact) mass is 272 g/mol. The molecule has 1 heterocycles. The predicted molar refractivity (Wildman–Crippen MR) is 77.1 cm³/mol. The summed E-state index contributed by atoms with van der Waals surface area (Å²) in [5.74, 6) is 0.804. The predicted octanol–water partition coefficient (Wildman–Crippen LogP) is 3.50. The first-order valence-electron chi connectivity index (χ1n) is 6.21. The molecule has 0 saturated heterocycles. The van der Waals surface area contributed by atoms with E-state index in [-0.39, 0.29) is 6.04 Å². The van der Waals surface area contributed by atoms with Gasteiger partial charge in [-0.2, -0.15) is 5.26 Å². The number of ether oxygens (including phenoxy) is 1. The highest BCUT2D eigenvalue weighted by atomic mass is 32.1. The zero-order valence-electron chi connectivity index (χ0n) is 10.8. The van der Waals surface area contributed by atoms with Crippen LogP contribution in [0.3, 0.4) is 0 Å². The number of benzene rings is 1. The van der Waals surface area contributed by atoms with Crippen LogP contribution in [0.25, 0.3) is 0 Å². The minimum atomic E-state index is -0.317. The van der Waals surface area contributed by atoms with Crippen molar-refractivity contribution in [2.45, 2.75) is 19.5 Å². The minimum Gasteiger partial charge on any atom is -0.494 e. The number of nitriles is 1. The van der Waals surface area contributed by atoms with Crippen molar-refractivity contribution in [3.63, 3.8) is 0 Å². The van der Waals surface area contributed by atoms with Crippen molar-refractivity contribution in [3.05, 3.63) is 52.2 Å². The highest BCUT2D eigenvalue weighted by Gasteiger charge is 2.10. The Bertz CT molecular complexity index is 546. The molecule has 0 amide bonds. The SMILES string of the molecule is CCOc1cccc(C(C#N)NCc2cccs2)c1.